The molecule has 1 aliphatic rings. The Labute approximate surface area is 86.9 Å². The van der Waals surface area contributed by atoms with E-state index in [0.717, 1.165) is 0 Å². The summed E-state index contributed by atoms with van der Waals surface area (Å²) in [5.74, 6) is -1.58. The number of aliphatic carboxylic acids is 1. The number of hydrogen-bond donors (Lipinski definition) is 2. The molecule has 0 radical (unpaired) electrons. The molecule has 0 spiro atoms. The predicted molar refractivity (Wildman–Crippen MR) is 54.7 cm³/mol. The number of carbonyl (C=O) groups is 2. The summed E-state index contributed by atoms with van der Waals surface area (Å²) in [6.07, 6.45) is 0.615. The molecule has 1 amide bonds. The van der Waals surface area contributed by atoms with Crippen molar-refractivity contribution in [3.8, 4) is 0 Å². The predicted octanol–water partition coefficient (Wildman–Crippen LogP) is 1.59. The van der Waals surface area contributed by atoms with Crippen molar-refractivity contribution in [3.05, 3.63) is 29.8 Å². The van der Waals surface area contributed by atoms with Crippen molar-refractivity contribution >= 4 is 17.6 Å². The Hall–Kier alpha value is -1.84. The average Bonchev–Trinajstić information content (AvgIpc) is 2.35. The number of carboxylic acid groups (broad SMARTS) is 1. The second-order valence-electron chi connectivity index (χ2n) is 3.56. The van der Waals surface area contributed by atoms with Crippen LogP contribution < -0.4 is 5.32 Å². The van der Waals surface area contributed by atoms with Crippen molar-refractivity contribution in [2.45, 2.75) is 18.8 Å². The van der Waals surface area contributed by atoms with Gasteiger partial charge in [0, 0.05) is 12.1 Å². The first kappa shape index (κ1) is 9.71. The Balaban J connectivity index is 2.46. The summed E-state index contributed by atoms with van der Waals surface area (Å²) in [6.45, 7) is 0. The van der Waals surface area contributed by atoms with Gasteiger partial charge < -0.3 is 10.4 Å². The molecule has 1 atom stereocenters. The van der Waals surface area contributed by atoms with Crippen LogP contribution in [0.15, 0.2) is 24.3 Å². The van der Waals surface area contributed by atoms with Gasteiger partial charge in [-0.2, -0.15) is 0 Å². The van der Waals surface area contributed by atoms with Gasteiger partial charge in [0.1, 0.15) is 0 Å². The Bertz CT molecular complexity index is 414. The number of amides is 1. The van der Waals surface area contributed by atoms with E-state index in [-0.39, 0.29) is 12.3 Å². The first-order valence-corrected chi connectivity index (χ1v) is 4.80. The third-order valence-corrected chi connectivity index (χ3v) is 2.57. The lowest BCUT2D eigenvalue weighted by Crippen LogP contribution is -2.11. The number of fused-ring (bicyclic) bond motifs is 1. The second-order valence-corrected chi connectivity index (χ2v) is 3.56. The summed E-state index contributed by atoms with van der Waals surface area (Å²) < 4.78 is 0. The van der Waals surface area contributed by atoms with Gasteiger partial charge in [-0.3, -0.25) is 9.59 Å². The molecule has 4 nitrogen and oxygen atoms in total. The Kier molecular flexibility index (Phi) is 2.41. The molecule has 15 heavy (non-hydrogen) atoms. The lowest BCUT2D eigenvalue weighted by molar-refractivity contribution is -0.138. The van der Waals surface area contributed by atoms with E-state index in [4.69, 9.17) is 5.11 Å². The Morgan fingerprint density at radius 2 is 2.13 bits per heavy atom. The van der Waals surface area contributed by atoms with Crippen molar-refractivity contribution in [3.63, 3.8) is 0 Å². The summed E-state index contributed by atoms with van der Waals surface area (Å²) in [4.78, 5) is 22.3. The molecule has 0 bridgehead atoms. The van der Waals surface area contributed by atoms with E-state index in [1.54, 1.807) is 24.3 Å². The van der Waals surface area contributed by atoms with Gasteiger partial charge in [0.25, 0.3) is 0 Å². The first-order valence-electron chi connectivity index (χ1n) is 4.80. The molecule has 0 fully saturated rings. The summed E-state index contributed by atoms with van der Waals surface area (Å²) in [5.41, 5.74) is 1.31. The Morgan fingerprint density at radius 3 is 2.87 bits per heavy atom. The molecule has 1 heterocycles. The third-order valence-electron chi connectivity index (χ3n) is 2.57. The van der Waals surface area contributed by atoms with Gasteiger partial charge in [-0.1, -0.05) is 18.2 Å². The van der Waals surface area contributed by atoms with Crippen LogP contribution in [-0.4, -0.2) is 17.0 Å². The van der Waals surface area contributed by atoms with Crippen molar-refractivity contribution < 1.29 is 14.7 Å². The fraction of sp³-hybridized carbons (Fsp3) is 0.273. The fourth-order valence-corrected chi connectivity index (χ4v) is 1.81. The molecule has 0 aromatic heterocycles. The third kappa shape index (κ3) is 1.83. The number of rotatable bonds is 1. The Morgan fingerprint density at radius 1 is 1.40 bits per heavy atom. The van der Waals surface area contributed by atoms with E-state index < -0.39 is 11.9 Å². The molecular formula is C11H11NO3. The molecule has 1 aromatic rings. The monoisotopic (exact) mass is 205 g/mol. The summed E-state index contributed by atoms with van der Waals surface area (Å²) in [7, 11) is 0. The average molecular weight is 205 g/mol. The number of nitrogens with one attached hydrogen (secondary N) is 1. The minimum absolute atomic E-state index is 0.119. The standard InChI is InChI=1S/C11H11NO3/c13-10-6-5-8(11(14)15)7-3-1-2-4-9(7)12-10/h1-4,8H,5-6H2,(H,12,13)(H,14,15). The van der Waals surface area contributed by atoms with E-state index in [1.807, 2.05) is 0 Å². The zero-order valence-electron chi connectivity index (χ0n) is 8.06. The maximum Gasteiger partial charge on any atom is 0.311 e. The molecule has 0 aliphatic carbocycles. The first-order chi connectivity index (χ1) is 7.18. The van der Waals surface area contributed by atoms with Crippen LogP contribution in [0.2, 0.25) is 0 Å². The van der Waals surface area contributed by atoms with E-state index in [9.17, 15) is 9.59 Å². The smallest absolute Gasteiger partial charge is 0.311 e. The van der Waals surface area contributed by atoms with Gasteiger partial charge in [-0.15, -0.1) is 0 Å². The van der Waals surface area contributed by atoms with Crippen molar-refractivity contribution in [1.82, 2.24) is 0 Å². The van der Waals surface area contributed by atoms with Gasteiger partial charge in [-0.25, -0.2) is 0 Å². The molecule has 1 aliphatic heterocycles. The highest BCUT2D eigenvalue weighted by Gasteiger charge is 2.26. The maximum absolute atomic E-state index is 11.3. The number of hydrogen-bond acceptors (Lipinski definition) is 2. The van der Waals surface area contributed by atoms with Crippen LogP contribution >= 0.6 is 0 Å². The van der Waals surface area contributed by atoms with E-state index in [2.05, 4.69) is 5.32 Å². The molecular weight excluding hydrogens is 194 g/mol. The SMILES string of the molecule is O=C1CCC(C(=O)O)c2ccccc2N1. The minimum Gasteiger partial charge on any atom is -0.481 e. The van der Waals surface area contributed by atoms with E-state index in [1.165, 1.54) is 0 Å². The van der Waals surface area contributed by atoms with Crippen molar-refractivity contribution in [1.29, 1.82) is 0 Å². The van der Waals surface area contributed by atoms with Crippen LogP contribution in [0.3, 0.4) is 0 Å². The number of anilines is 1. The molecule has 1 unspecified atom stereocenters. The van der Waals surface area contributed by atoms with Gasteiger partial charge in [0.05, 0.1) is 5.92 Å². The highest BCUT2D eigenvalue weighted by Crippen LogP contribution is 2.31. The van der Waals surface area contributed by atoms with Crippen LogP contribution in [0.5, 0.6) is 0 Å². The molecule has 78 valence electrons. The summed E-state index contributed by atoms with van der Waals surface area (Å²) in [6, 6.07) is 7.05. The second kappa shape index (κ2) is 3.73. The fourth-order valence-electron chi connectivity index (χ4n) is 1.81. The van der Waals surface area contributed by atoms with Crippen LogP contribution in [-0.2, 0) is 9.59 Å². The number of carboxylic acids is 1. The molecule has 0 saturated heterocycles. The lowest BCUT2D eigenvalue weighted by Gasteiger charge is -2.11. The molecule has 0 saturated carbocycles. The normalized spacial score (nSPS) is 20.0. The topological polar surface area (TPSA) is 66.4 Å². The number of para-hydroxylation sites is 1. The minimum atomic E-state index is -0.876. The number of benzene rings is 1. The quantitative estimate of drug-likeness (QED) is 0.731. The lowest BCUT2D eigenvalue weighted by atomic mass is 9.94. The van der Waals surface area contributed by atoms with Crippen LogP contribution in [0.1, 0.15) is 24.3 Å². The van der Waals surface area contributed by atoms with Gasteiger partial charge >= 0.3 is 5.97 Å². The van der Waals surface area contributed by atoms with Crippen LogP contribution in [0.25, 0.3) is 0 Å². The molecule has 1 aromatic carbocycles. The molecule has 2 rings (SSSR count). The van der Waals surface area contributed by atoms with Crippen LogP contribution in [0.4, 0.5) is 5.69 Å². The summed E-state index contributed by atoms with van der Waals surface area (Å²) in [5, 5.41) is 11.8. The van der Waals surface area contributed by atoms with E-state index >= 15 is 0 Å². The molecule has 4 heteroatoms. The van der Waals surface area contributed by atoms with Gasteiger partial charge in [0.2, 0.25) is 5.91 Å². The highest BCUT2D eigenvalue weighted by molar-refractivity contribution is 5.94. The largest absolute Gasteiger partial charge is 0.481 e. The summed E-state index contributed by atoms with van der Waals surface area (Å²) >= 11 is 0. The number of carbonyl (C=O) groups excluding carboxylic acids is 1. The van der Waals surface area contributed by atoms with E-state index in [0.29, 0.717) is 17.7 Å². The maximum atomic E-state index is 11.3. The zero-order chi connectivity index (χ0) is 10.8. The molecule has 2 N–H and O–H groups in total. The zero-order valence-corrected chi connectivity index (χ0v) is 8.06. The highest BCUT2D eigenvalue weighted by atomic mass is 16.4. The van der Waals surface area contributed by atoms with Gasteiger partial charge in [0.15, 0.2) is 0 Å². The van der Waals surface area contributed by atoms with Crippen LogP contribution in [0, 0.1) is 0 Å². The van der Waals surface area contributed by atoms with Crippen molar-refractivity contribution in [2.75, 3.05) is 5.32 Å². The van der Waals surface area contributed by atoms with Crippen molar-refractivity contribution in [2.24, 2.45) is 0 Å². The van der Waals surface area contributed by atoms with Gasteiger partial charge in [-0.05, 0) is 18.1 Å².